The van der Waals surface area contributed by atoms with Crippen molar-refractivity contribution in [1.82, 2.24) is 20.1 Å². The second kappa shape index (κ2) is 6.18. The third kappa shape index (κ3) is 3.19. The van der Waals surface area contributed by atoms with Crippen LogP contribution in [0.1, 0.15) is 19.3 Å². The Morgan fingerprint density at radius 1 is 1.05 bits per heavy atom. The Kier molecular flexibility index (Phi) is 4.10. The van der Waals surface area contributed by atoms with Gasteiger partial charge in [0.05, 0.1) is 5.69 Å². The zero-order valence-electron chi connectivity index (χ0n) is 12.4. The first kappa shape index (κ1) is 13.9. The molecule has 1 saturated carbocycles. The maximum Gasteiger partial charge on any atom is 0.233 e. The molecule has 1 aliphatic carbocycles. The first-order valence-corrected chi connectivity index (χ1v) is 7.32. The molecule has 2 aromatic heterocycles. The van der Waals surface area contributed by atoms with Crippen LogP contribution in [0.5, 0.6) is 5.88 Å². The van der Waals surface area contributed by atoms with Crippen LogP contribution in [0.3, 0.4) is 0 Å². The lowest BCUT2D eigenvalue weighted by Gasteiger charge is -2.26. The Morgan fingerprint density at radius 3 is 2.62 bits per heavy atom. The van der Waals surface area contributed by atoms with E-state index in [0.717, 1.165) is 17.8 Å². The molecule has 2 heterocycles. The first-order valence-electron chi connectivity index (χ1n) is 7.32. The van der Waals surface area contributed by atoms with Gasteiger partial charge in [-0.2, -0.15) is 0 Å². The van der Waals surface area contributed by atoms with Crippen molar-refractivity contribution < 1.29 is 4.74 Å². The summed E-state index contributed by atoms with van der Waals surface area (Å²) in [5.41, 5.74) is 1.59. The third-order valence-corrected chi connectivity index (χ3v) is 3.92. The van der Waals surface area contributed by atoms with Gasteiger partial charge < -0.3 is 9.64 Å². The van der Waals surface area contributed by atoms with Crippen molar-refractivity contribution in [2.24, 2.45) is 0 Å². The van der Waals surface area contributed by atoms with Crippen LogP contribution in [0, 0.1) is 0 Å². The summed E-state index contributed by atoms with van der Waals surface area (Å²) in [7, 11) is 4.20. The van der Waals surface area contributed by atoms with Gasteiger partial charge in [0.1, 0.15) is 11.8 Å². The van der Waals surface area contributed by atoms with Gasteiger partial charge in [-0.15, -0.1) is 10.2 Å². The number of likely N-dealkylation sites (N-methyl/N-ethyl adjacent to an activating group) is 1. The van der Waals surface area contributed by atoms with Crippen LogP contribution in [0.4, 0.5) is 0 Å². The van der Waals surface area contributed by atoms with E-state index < -0.39 is 0 Å². The number of aromatic nitrogens is 3. The van der Waals surface area contributed by atoms with Crippen molar-refractivity contribution in [3.8, 4) is 17.3 Å². The number of ether oxygens (including phenoxy) is 1. The normalized spacial score (nSPS) is 21.7. The predicted octanol–water partition coefficient (Wildman–Crippen LogP) is 2.40. The summed E-state index contributed by atoms with van der Waals surface area (Å²) >= 11 is 0. The van der Waals surface area contributed by atoms with E-state index in [9.17, 15) is 0 Å². The molecule has 0 N–H and O–H groups in total. The fourth-order valence-corrected chi connectivity index (χ4v) is 2.82. The van der Waals surface area contributed by atoms with Gasteiger partial charge >= 0.3 is 0 Å². The van der Waals surface area contributed by atoms with Gasteiger partial charge in [0.2, 0.25) is 5.88 Å². The van der Waals surface area contributed by atoms with Crippen molar-refractivity contribution in [3.63, 3.8) is 0 Å². The Labute approximate surface area is 125 Å². The molecule has 5 nitrogen and oxygen atoms in total. The molecule has 5 heteroatoms. The molecular weight excluding hydrogens is 264 g/mol. The van der Waals surface area contributed by atoms with E-state index in [2.05, 4.69) is 34.2 Å². The zero-order valence-corrected chi connectivity index (χ0v) is 12.4. The quantitative estimate of drug-likeness (QED) is 0.863. The average Bonchev–Trinajstić information content (AvgIpc) is 2.97. The Morgan fingerprint density at radius 2 is 1.95 bits per heavy atom. The lowest BCUT2D eigenvalue weighted by atomic mass is 10.2. The number of rotatable bonds is 4. The van der Waals surface area contributed by atoms with Gasteiger partial charge in [-0.3, -0.25) is 4.98 Å². The summed E-state index contributed by atoms with van der Waals surface area (Å²) in [5.74, 6) is 0.591. The largest absolute Gasteiger partial charge is 0.472 e. The molecule has 1 fully saturated rings. The number of hydrogen-bond acceptors (Lipinski definition) is 5. The van der Waals surface area contributed by atoms with Crippen molar-refractivity contribution in [1.29, 1.82) is 0 Å². The average molecular weight is 284 g/mol. The van der Waals surface area contributed by atoms with Crippen LogP contribution < -0.4 is 4.74 Å². The maximum atomic E-state index is 6.00. The van der Waals surface area contributed by atoms with Crippen LogP contribution in [0.15, 0.2) is 36.5 Å². The molecule has 0 aromatic carbocycles. The highest BCUT2D eigenvalue weighted by Gasteiger charge is 2.30. The second-order valence-electron chi connectivity index (χ2n) is 5.59. The molecule has 3 rings (SSSR count). The van der Waals surface area contributed by atoms with E-state index >= 15 is 0 Å². The molecule has 0 aliphatic heterocycles. The molecule has 0 saturated heterocycles. The first-order chi connectivity index (χ1) is 10.2. The van der Waals surface area contributed by atoms with Gasteiger partial charge in [0, 0.05) is 18.3 Å². The highest BCUT2D eigenvalue weighted by molar-refractivity contribution is 5.52. The van der Waals surface area contributed by atoms with Crippen LogP contribution in [0.25, 0.3) is 11.4 Å². The SMILES string of the molecule is CN(C)C1CCCC1Oc1ccc(-c2ccccn2)nn1. The molecule has 2 unspecified atom stereocenters. The zero-order chi connectivity index (χ0) is 14.7. The molecule has 0 bridgehead atoms. The summed E-state index contributed by atoms with van der Waals surface area (Å²) in [6.45, 7) is 0. The lowest BCUT2D eigenvalue weighted by Crippen LogP contribution is -2.38. The topological polar surface area (TPSA) is 51.1 Å². The monoisotopic (exact) mass is 284 g/mol. The van der Waals surface area contributed by atoms with Crippen LogP contribution in [-0.4, -0.2) is 46.3 Å². The summed E-state index contributed by atoms with van der Waals surface area (Å²) in [6.07, 6.45) is 5.41. The molecule has 0 amide bonds. The van der Waals surface area contributed by atoms with Crippen molar-refractivity contribution in [2.45, 2.75) is 31.4 Å². The summed E-state index contributed by atoms with van der Waals surface area (Å²) in [4.78, 5) is 6.50. The molecule has 110 valence electrons. The minimum Gasteiger partial charge on any atom is -0.472 e. The standard InChI is InChI=1S/C16H20N4O/c1-20(2)14-7-5-8-15(14)21-16-10-9-13(18-19-16)12-6-3-4-11-17-12/h3-4,6,9-11,14-15H,5,7-8H2,1-2H3. The van der Waals surface area contributed by atoms with E-state index in [1.54, 1.807) is 6.20 Å². The summed E-state index contributed by atoms with van der Waals surface area (Å²) in [6, 6.07) is 9.99. The van der Waals surface area contributed by atoms with Crippen molar-refractivity contribution in [2.75, 3.05) is 14.1 Å². The van der Waals surface area contributed by atoms with E-state index in [1.165, 1.54) is 12.8 Å². The summed E-state index contributed by atoms with van der Waals surface area (Å²) in [5, 5.41) is 8.39. The molecule has 0 radical (unpaired) electrons. The Bertz CT molecular complexity index is 571. The number of nitrogens with zero attached hydrogens (tertiary/aromatic N) is 4. The molecule has 2 atom stereocenters. The fraction of sp³-hybridized carbons (Fsp3) is 0.438. The molecule has 1 aliphatic rings. The van der Waals surface area contributed by atoms with Crippen LogP contribution in [-0.2, 0) is 0 Å². The summed E-state index contributed by atoms with van der Waals surface area (Å²) < 4.78 is 6.00. The molecule has 21 heavy (non-hydrogen) atoms. The Hall–Kier alpha value is -2.01. The van der Waals surface area contributed by atoms with E-state index in [4.69, 9.17) is 4.74 Å². The highest BCUT2D eigenvalue weighted by atomic mass is 16.5. The van der Waals surface area contributed by atoms with E-state index in [0.29, 0.717) is 11.9 Å². The van der Waals surface area contributed by atoms with Gasteiger partial charge in [-0.25, -0.2) is 0 Å². The molecule has 2 aromatic rings. The van der Waals surface area contributed by atoms with Gasteiger partial charge in [-0.1, -0.05) is 6.07 Å². The Balaban J connectivity index is 1.70. The van der Waals surface area contributed by atoms with Crippen LogP contribution in [0.2, 0.25) is 0 Å². The fourth-order valence-electron chi connectivity index (χ4n) is 2.82. The van der Waals surface area contributed by atoms with Gasteiger partial charge in [-0.05, 0) is 51.6 Å². The lowest BCUT2D eigenvalue weighted by molar-refractivity contribution is 0.115. The van der Waals surface area contributed by atoms with Gasteiger partial charge in [0.15, 0.2) is 0 Å². The maximum absolute atomic E-state index is 6.00. The highest BCUT2D eigenvalue weighted by Crippen LogP contribution is 2.26. The number of hydrogen-bond donors (Lipinski definition) is 0. The minimum absolute atomic E-state index is 0.204. The van der Waals surface area contributed by atoms with Crippen molar-refractivity contribution in [3.05, 3.63) is 36.5 Å². The predicted molar refractivity (Wildman–Crippen MR) is 81.0 cm³/mol. The van der Waals surface area contributed by atoms with Crippen LogP contribution >= 0.6 is 0 Å². The number of pyridine rings is 1. The second-order valence-corrected chi connectivity index (χ2v) is 5.59. The smallest absolute Gasteiger partial charge is 0.233 e. The van der Waals surface area contributed by atoms with E-state index in [-0.39, 0.29) is 6.10 Å². The van der Waals surface area contributed by atoms with E-state index in [1.807, 2.05) is 30.3 Å². The molecular formula is C16H20N4O. The van der Waals surface area contributed by atoms with Gasteiger partial charge in [0.25, 0.3) is 0 Å². The minimum atomic E-state index is 0.204. The molecule has 0 spiro atoms. The van der Waals surface area contributed by atoms with Crippen molar-refractivity contribution >= 4 is 0 Å². The third-order valence-electron chi connectivity index (χ3n) is 3.92.